The summed E-state index contributed by atoms with van der Waals surface area (Å²) < 4.78 is 4.82. The minimum Gasteiger partial charge on any atom is -0.468 e. The fourth-order valence-electron chi connectivity index (χ4n) is 1.66. The molecular weight excluding hydrogens is 228 g/mol. The van der Waals surface area contributed by atoms with Crippen molar-refractivity contribution in [3.8, 4) is 0 Å². The van der Waals surface area contributed by atoms with E-state index in [1.54, 1.807) is 11.8 Å². The minimum absolute atomic E-state index is 0.193. The Labute approximate surface area is 98.7 Å². The Balaban J connectivity index is 2.39. The first-order chi connectivity index (χ1) is 7.75. The first-order valence-electron chi connectivity index (χ1n) is 5.17. The summed E-state index contributed by atoms with van der Waals surface area (Å²) in [5.74, 6) is 1.53. The van der Waals surface area contributed by atoms with Crippen molar-refractivity contribution in [1.29, 1.82) is 0 Å². The molecule has 0 spiro atoms. The van der Waals surface area contributed by atoms with Gasteiger partial charge in [-0.15, -0.1) is 0 Å². The number of ether oxygens (including phenoxy) is 1. The standard InChI is InChI=1S/C9H16N4O2S/c1-15-8(14)9(3-6-16-7-9)11-4-2-5-12-13-10/h11H,2-7H2,1H3. The van der Waals surface area contributed by atoms with E-state index in [-0.39, 0.29) is 5.97 Å². The second-order valence-electron chi connectivity index (χ2n) is 3.61. The van der Waals surface area contributed by atoms with E-state index in [4.69, 9.17) is 10.3 Å². The van der Waals surface area contributed by atoms with Crippen molar-refractivity contribution in [3.05, 3.63) is 10.4 Å². The summed E-state index contributed by atoms with van der Waals surface area (Å²) >= 11 is 1.75. The van der Waals surface area contributed by atoms with Gasteiger partial charge in [-0.2, -0.15) is 11.8 Å². The van der Waals surface area contributed by atoms with Crippen LogP contribution >= 0.6 is 11.8 Å². The van der Waals surface area contributed by atoms with Gasteiger partial charge in [0.05, 0.1) is 7.11 Å². The molecule has 0 saturated carbocycles. The van der Waals surface area contributed by atoms with Crippen LogP contribution in [0.5, 0.6) is 0 Å². The summed E-state index contributed by atoms with van der Waals surface area (Å²) in [6.07, 6.45) is 1.53. The maximum atomic E-state index is 11.7. The highest BCUT2D eigenvalue weighted by Crippen LogP contribution is 2.28. The van der Waals surface area contributed by atoms with Crippen LogP contribution in [0.2, 0.25) is 0 Å². The molecular formula is C9H16N4O2S. The average molecular weight is 244 g/mol. The van der Waals surface area contributed by atoms with Gasteiger partial charge in [0.1, 0.15) is 5.54 Å². The fraction of sp³-hybridized carbons (Fsp3) is 0.889. The Bertz CT molecular complexity index is 285. The summed E-state index contributed by atoms with van der Waals surface area (Å²) in [7, 11) is 1.41. The van der Waals surface area contributed by atoms with Crippen molar-refractivity contribution in [2.45, 2.75) is 18.4 Å². The van der Waals surface area contributed by atoms with Crippen LogP contribution in [0.15, 0.2) is 5.11 Å². The van der Waals surface area contributed by atoms with E-state index in [0.717, 1.165) is 24.3 Å². The number of azide groups is 1. The quantitative estimate of drug-likeness (QED) is 0.251. The molecule has 1 atom stereocenters. The smallest absolute Gasteiger partial charge is 0.326 e. The monoisotopic (exact) mass is 244 g/mol. The highest BCUT2D eigenvalue weighted by atomic mass is 32.2. The van der Waals surface area contributed by atoms with Crippen molar-refractivity contribution < 1.29 is 9.53 Å². The number of nitrogens with one attached hydrogen (secondary N) is 1. The summed E-state index contributed by atoms with van der Waals surface area (Å²) in [6, 6.07) is 0. The molecule has 0 aromatic heterocycles. The Morgan fingerprint density at radius 3 is 3.12 bits per heavy atom. The number of rotatable bonds is 6. The lowest BCUT2D eigenvalue weighted by atomic mass is 9.99. The van der Waals surface area contributed by atoms with Crippen LogP contribution < -0.4 is 5.32 Å². The number of nitrogens with zero attached hydrogens (tertiary/aromatic N) is 3. The Kier molecular flexibility index (Phi) is 5.45. The molecule has 1 N–H and O–H groups in total. The molecule has 0 radical (unpaired) electrons. The van der Waals surface area contributed by atoms with Crippen LogP contribution in [0.3, 0.4) is 0 Å². The first kappa shape index (κ1) is 13.2. The topological polar surface area (TPSA) is 87.1 Å². The second kappa shape index (κ2) is 6.62. The first-order valence-corrected chi connectivity index (χ1v) is 6.33. The number of carbonyl (C=O) groups excluding carboxylic acids is 1. The lowest BCUT2D eigenvalue weighted by Crippen LogP contribution is -2.53. The molecule has 90 valence electrons. The predicted octanol–water partition coefficient (Wildman–Crippen LogP) is 1.33. The molecule has 0 bridgehead atoms. The zero-order valence-corrected chi connectivity index (χ0v) is 10.1. The van der Waals surface area contributed by atoms with Gasteiger partial charge < -0.3 is 10.1 Å². The van der Waals surface area contributed by atoms with Crippen molar-refractivity contribution in [2.24, 2.45) is 5.11 Å². The minimum atomic E-state index is -0.532. The van der Waals surface area contributed by atoms with E-state index in [9.17, 15) is 4.79 Å². The van der Waals surface area contributed by atoms with Crippen molar-refractivity contribution >= 4 is 17.7 Å². The zero-order valence-electron chi connectivity index (χ0n) is 9.31. The van der Waals surface area contributed by atoms with Gasteiger partial charge in [-0.05, 0) is 30.7 Å². The molecule has 0 amide bonds. The SMILES string of the molecule is COC(=O)C1(NCCCN=[N+]=[N-])CCSC1. The molecule has 1 fully saturated rings. The average Bonchev–Trinajstić information content (AvgIpc) is 2.78. The van der Waals surface area contributed by atoms with Gasteiger partial charge in [-0.25, -0.2) is 0 Å². The molecule has 6 nitrogen and oxygen atoms in total. The normalized spacial score (nSPS) is 23.8. The lowest BCUT2D eigenvalue weighted by molar-refractivity contribution is -0.147. The van der Waals surface area contributed by atoms with Crippen LogP contribution in [0.1, 0.15) is 12.8 Å². The van der Waals surface area contributed by atoms with Crippen molar-refractivity contribution in [2.75, 3.05) is 31.7 Å². The largest absolute Gasteiger partial charge is 0.468 e. The van der Waals surface area contributed by atoms with Gasteiger partial charge in [0.15, 0.2) is 0 Å². The van der Waals surface area contributed by atoms with Crippen LogP contribution in [0.4, 0.5) is 0 Å². The molecule has 1 saturated heterocycles. The molecule has 7 heteroatoms. The third kappa shape index (κ3) is 3.30. The summed E-state index contributed by atoms with van der Waals surface area (Å²) in [5, 5.41) is 6.67. The maximum Gasteiger partial charge on any atom is 0.326 e. The maximum absolute atomic E-state index is 11.7. The Morgan fingerprint density at radius 2 is 2.56 bits per heavy atom. The molecule has 1 aliphatic heterocycles. The van der Waals surface area contributed by atoms with Crippen LogP contribution in [0, 0.1) is 0 Å². The molecule has 1 aliphatic rings. The van der Waals surface area contributed by atoms with Gasteiger partial charge in [0.2, 0.25) is 0 Å². The van der Waals surface area contributed by atoms with Crippen LogP contribution in [-0.4, -0.2) is 43.2 Å². The lowest BCUT2D eigenvalue weighted by Gasteiger charge is -2.26. The fourth-order valence-corrected chi connectivity index (χ4v) is 3.00. The van der Waals surface area contributed by atoms with Gasteiger partial charge >= 0.3 is 5.97 Å². The number of esters is 1. The Hall–Kier alpha value is -0.910. The van der Waals surface area contributed by atoms with Crippen LogP contribution in [0.25, 0.3) is 10.4 Å². The number of hydrogen-bond acceptors (Lipinski definition) is 5. The molecule has 0 aromatic rings. The summed E-state index contributed by atoms with van der Waals surface area (Å²) in [6.45, 7) is 1.11. The number of hydrogen-bond donors (Lipinski definition) is 1. The van der Waals surface area contributed by atoms with Gasteiger partial charge in [-0.1, -0.05) is 5.11 Å². The van der Waals surface area contributed by atoms with Crippen molar-refractivity contribution in [3.63, 3.8) is 0 Å². The van der Waals surface area contributed by atoms with E-state index in [2.05, 4.69) is 15.3 Å². The molecule has 1 heterocycles. The van der Waals surface area contributed by atoms with E-state index < -0.39 is 5.54 Å². The third-order valence-electron chi connectivity index (χ3n) is 2.56. The molecule has 1 rings (SSSR count). The van der Waals surface area contributed by atoms with E-state index in [1.807, 2.05) is 0 Å². The Morgan fingerprint density at radius 1 is 1.75 bits per heavy atom. The second-order valence-corrected chi connectivity index (χ2v) is 4.72. The molecule has 1 unspecified atom stereocenters. The number of thioether (sulfide) groups is 1. The van der Waals surface area contributed by atoms with Crippen LogP contribution in [-0.2, 0) is 9.53 Å². The van der Waals surface area contributed by atoms with Gasteiger partial charge in [0, 0.05) is 17.2 Å². The van der Waals surface area contributed by atoms with E-state index in [0.29, 0.717) is 13.1 Å². The summed E-state index contributed by atoms with van der Waals surface area (Å²) in [4.78, 5) is 14.4. The van der Waals surface area contributed by atoms with Gasteiger partial charge in [-0.3, -0.25) is 4.79 Å². The van der Waals surface area contributed by atoms with Crippen molar-refractivity contribution in [1.82, 2.24) is 5.32 Å². The van der Waals surface area contributed by atoms with Gasteiger partial charge in [0.25, 0.3) is 0 Å². The highest BCUT2D eigenvalue weighted by Gasteiger charge is 2.42. The number of carbonyl (C=O) groups is 1. The highest BCUT2D eigenvalue weighted by molar-refractivity contribution is 7.99. The number of methoxy groups -OCH3 is 1. The van der Waals surface area contributed by atoms with E-state index in [1.165, 1.54) is 7.11 Å². The van der Waals surface area contributed by atoms with E-state index >= 15 is 0 Å². The predicted molar refractivity (Wildman–Crippen MR) is 63.3 cm³/mol. The summed E-state index contributed by atoms with van der Waals surface area (Å²) in [5.41, 5.74) is 7.58. The molecule has 0 aliphatic carbocycles. The third-order valence-corrected chi connectivity index (χ3v) is 3.75. The molecule has 0 aromatic carbocycles. The zero-order chi connectivity index (χ0) is 11.9. The molecule has 16 heavy (non-hydrogen) atoms.